The van der Waals surface area contributed by atoms with Crippen molar-refractivity contribution in [3.05, 3.63) is 53.1 Å². The van der Waals surface area contributed by atoms with Crippen LogP contribution >= 0.6 is 11.3 Å². The fourth-order valence-corrected chi connectivity index (χ4v) is 4.76. The van der Waals surface area contributed by atoms with Crippen molar-refractivity contribution in [2.45, 2.75) is 39.7 Å². The van der Waals surface area contributed by atoms with Crippen LogP contribution in [0.5, 0.6) is 5.75 Å². The third kappa shape index (κ3) is 4.43. The molecule has 0 radical (unpaired) electrons. The van der Waals surface area contributed by atoms with Gasteiger partial charge in [0.05, 0.1) is 29.5 Å². The molecule has 1 saturated heterocycles. The molecule has 0 aliphatic carbocycles. The fourth-order valence-electron chi connectivity index (χ4n) is 3.76. The summed E-state index contributed by atoms with van der Waals surface area (Å²) in [4.78, 5) is 20.0. The monoisotopic (exact) mass is 410 g/mol. The number of anilines is 1. The smallest absolute Gasteiger partial charge is 0.260 e. The Labute approximate surface area is 175 Å². The molecule has 0 bridgehead atoms. The molecular weight excluding hydrogens is 384 g/mol. The Balaban J connectivity index is 1.71. The molecule has 0 spiro atoms. The number of carbonyl (C=O) groups is 1. The van der Waals surface area contributed by atoms with Gasteiger partial charge in [-0.3, -0.25) is 9.69 Å². The summed E-state index contributed by atoms with van der Waals surface area (Å²) >= 11 is 1.52. The van der Waals surface area contributed by atoms with Crippen LogP contribution in [0.25, 0.3) is 10.2 Å². The maximum atomic E-state index is 13.5. The topological polar surface area (TPSA) is 51.7 Å². The lowest BCUT2D eigenvalue weighted by atomic mass is 10.1. The Kier molecular flexibility index (Phi) is 5.83. The molecule has 1 aromatic heterocycles. The Morgan fingerprint density at radius 2 is 2.03 bits per heavy atom. The molecule has 1 atom stereocenters. The van der Waals surface area contributed by atoms with Crippen LogP contribution in [0.1, 0.15) is 41.3 Å². The number of aryl methyl sites for hydroxylation is 2. The molecule has 1 aliphatic rings. The van der Waals surface area contributed by atoms with E-state index >= 15 is 0 Å². The highest BCUT2D eigenvalue weighted by atomic mass is 32.1. The number of carbonyl (C=O) groups excluding carboxylic acids is 1. The molecule has 152 valence electrons. The van der Waals surface area contributed by atoms with Crippen LogP contribution in [0.2, 0.25) is 0 Å². The normalized spacial score (nSPS) is 16.3. The fraction of sp³-hybridized carbons (Fsp3) is 0.391. The number of aromatic nitrogens is 1. The molecule has 4 rings (SSSR count). The number of thiazole rings is 1. The number of ether oxygens (including phenoxy) is 2. The summed E-state index contributed by atoms with van der Waals surface area (Å²) in [6.07, 6.45) is 2.06. The van der Waals surface area contributed by atoms with E-state index in [1.54, 1.807) is 4.90 Å². The summed E-state index contributed by atoms with van der Waals surface area (Å²) in [6, 6.07) is 11.8. The quantitative estimate of drug-likeness (QED) is 0.565. The van der Waals surface area contributed by atoms with Crippen molar-refractivity contribution in [2.75, 3.05) is 24.7 Å². The molecule has 1 amide bonds. The molecule has 2 heterocycles. The van der Waals surface area contributed by atoms with Gasteiger partial charge in [-0.2, -0.15) is 0 Å². The molecule has 0 saturated carbocycles. The first-order valence-electron chi connectivity index (χ1n) is 10.1. The highest BCUT2D eigenvalue weighted by molar-refractivity contribution is 7.22. The van der Waals surface area contributed by atoms with Crippen LogP contribution in [0.4, 0.5) is 5.13 Å². The van der Waals surface area contributed by atoms with E-state index in [1.165, 1.54) is 11.3 Å². The predicted octanol–water partition coefficient (Wildman–Crippen LogP) is 5.14. The number of amides is 1. The van der Waals surface area contributed by atoms with Crippen molar-refractivity contribution in [1.82, 2.24) is 4.98 Å². The lowest BCUT2D eigenvalue weighted by Crippen LogP contribution is -2.37. The number of nitrogens with zero attached hydrogens (tertiary/aromatic N) is 2. The largest absolute Gasteiger partial charge is 0.494 e. The molecule has 2 aromatic carbocycles. The van der Waals surface area contributed by atoms with Crippen LogP contribution in [0.3, 0.4) is 0 Å². The molecule has 6 heteroatoms. The maximum absolute atomic E-state index is 13.5. The minimum atomic E-state index is -0.0311. The van der Waals surface area contributed by atoms with E-state index in [4.69, 9.17) is 14.5 Å². The van der Waals surface area contributed by atoms with Crippen molar-refractivity contribution in [3.8, 4) is 5.75 Å². The standard InChI is InChI=1S/C23H26N2O3S/c1-4-27-18-7-8-20-21(13-18)29-23(24-20)25(14-19-6-5-9-28-19)22(26)17-11-15(2)10-16(3)12-17/h7-8,10-13,19H,4-6,9,14H2,1-3H3. The second kappa shape index (κ2) is 8.51. The van der Waals surface area contributed by atoms with Crippen molar-refractivity contribution >= 4 is 32.6 Å². The van der Waals surface area contributed by atoms with Gasteiger partial charge in [0.2, 0.25) is 0 Å². The predicted molar refractivity (Wildman–Crippen MR) is 117 cm³/mol. The first kappa shape index (κ1) is 19.9. The lowest BCUT2D eigenvalue weighted by Gasteiger charge is -2.23. The second-order valence-electron chi connectivity index (χ2n) is 7.49. The summed E-state index contributed by atoms with van der Waals surface area (Å²) in [5.41, 5.74) is 3.72. The minimum absolute atomic E-state index is 0.0311. The van der Waals surface area contributed by atoms with Gasteiger partial charge in [0.1, 0.15) is 5.75 Å². The van der Waals surface area contributed by atoms with E-state index in [1.807, 2.05) is 51.1 Å². The van der Waals surface area contributed by atoms with Crippen molar-refractivity contribution in [3.63, 3.8) is 0 Å². The van der Waals surface area contributed by atoms with Gasteiger partial charge in [0.25, 0.3) is 5.91 Å². The summed E-state index contributed by atoms with van der Waals surface area (Å²) in [6.45, 7) is 7.89. The van der Waals surface area contributed by atoms with E-state index in [9.17, 15) is 4.79 Å². The van der Waals surface area contributed by atoms with E-state index < -0.39 is 0 Å². The number of hydrogen-bond donors (Lipinski definition) is 0. The zero-order valence-electron chi connectivity index (χ0n) is 17.1. The molecule has 0 N–H and O–H groups in total. The lowest BCUT2D eigenvalue weighted by molar-refractivity contribution is 0.0917. The summed E-state index contributed by atoms with van der Waals surface area (Å²) in [5.74, 6) is 0.790. The molecular formula is C23H26N2O3S. The Hall–Kier alpha value is -2.44. The van der Waals surface area contributed by atoms with Crippen LogP contribution < -0.4 is 9.64 Å². The highest BCUT2D eigenvalue weighted by Gasteiger charge is 2.27. The Morgan fingerprint density at radius 3 is 2.72 bits per heavy atom. The Bertz CT molecular complexity index is 1000. The SMILES string of the molecule is CCOc1ccc2nc(N(CC3CCCO3)C(=O)c3cc(C)cc(C)c3)sc2c1. The van der Waals surface area contributed by atoms with Crippen LogP contribution in [0, 0.1) is 13.8 Å². The van der Waals surface area contributed by atoms with Crippen molar-refractivity contribution in [1.29, 1.82) is 0 Å². The van der Waals surface area contributed by atoms with Gasteiger partial charge in [-0.1, -0.05) is 28.5 Å². The molecule has 5 nitrogen and oxygen atoms in total. The van der Waals surface area contributed by atoms with Crippen LogP contribution in [-0.2, 0) is 4.74 Å². The average molecular weight is 411 g/mol. The van der Waals surface area contributed by atoms with E-state index in [-0.39, 0.29) is 12.0 Å². The third-order valence-corrected chi connectivity index (χ3v) is 6.06. The zero-order valence-corrected chi connectivity index (χ0v) is 17.9. The summed E-state index contributed by atoms with van der Waals surface area (Å²) in [5, 5.41) is 0.702. The van der Waals surface area contributed by atoms with Gasteiger partial charge < -0.3 is 9.47 Å². The highest BCUT2D eigenvalue weighted by Crippen LogP contribution is 2.33. The Morgan fingerprint density at radius 1 is 1.24 bits per heavy atom. The number of rotatable bonds is 6. The average Bonchev–Trinajstić information content (AvgIpc) is 3.34. The molecule has 3 aromatic rings. The molecule has 1 fully saturated rings. The first-order valence-corrected chi connectivity index (χ1v) is 10.9. The van der Waals surface area contributed by atoms with Gasteiger partial charge in [0.15, 0.2) is 5.13 Å². The van der Waals surface area contributed by atoms with E-state index in [0.717, 1.165) is 46.5 Å². The second-order valence-corrected chi connectivity index (χ2v) is 8.50. The van der Waals surface area contributed by atoms with E-state index in [2.05, 4.69) is 6.07 Å². The van der Waals surface area contributed by atoms with Crippen molar-refractivity contribution < 1.29 is 14.3 Å². The maximum Gasteiger partial charge on any atom is 0.260 e. The van der Waals surface area contributed by atoms with Gasteiger partial charge >= 0.3 is 0 Å². The molecule has 1 unspecified atom stereocenters. The van der Waals surface area contributed by atoms with Gasteiger partial charge in [-0.05, 0) is 63.9 Å². The number of benzene rings is 2. The van der Waals surface area contributed by atoms with Gasteiger partial charge in [-0.15, -0.1) is 0 Å². The summed E-state index contributed by atoms with van der Waals surface area (Å²) < 4.78 is 12.4. The molecule has 29 heavy (non-hydrogen) atoms. The first-order chi connectivity index (χ1) is 14.0. The number of fused-ring (bicyclic) bond motifs is 1. The van der Waals surface area contributed by atoms with Crippen molar-refractivity contribution in [2.24, 2.45) is 0 Å². The summed E-state index contributed by atoms with van der Waals surface area (Å²) in [7, 11) is 0. The number of hydrogen-bond acceptors (Lipinski definition) is 5. The van der Waals surface area contributed by atoms with Crippen LogP contribution in [-0.4, -0.2) is 36.8 Å². The van der Waals surface area contributed by atoms with E-state index in [0.29, 0.717) is 23.8 Å². The zero-order chi connectivity index (χ0) is 20.4. The van der Waals surface area contributed by atoms with Gasteiger partial charge in [-0.25, -0.2) is 4.98 Å². The third-order valence-electron chi connectivity index (χ3n) is 5.01. The minimum Gasteiger partial charge on any atom is -0.494 e. The van der Waals surface area contributed by atoms with Gasteiger partial charge in [0, 0.05) is 12.2 Å². The molecule has 1 aliphatic heterocycles. The van der Waals surface area contributed by atoms with Crippen LogP contribution in [0.15, 0.2) is 36.4 Å².